The monoisotopic (exact) mass is 448 g/mol. The molecular formula is C22H20F4N4O2. The minimum absolute atomic E-state index is 0.151. The summed E-state index contributed by atoms with van der Waals surface area (Å²) >= 11 is 0. The van der Waals surface area contributed by atoms with Crippen molar-refractivity contribution >= 4 is 5.91 Å². The fourth-order valence-corrected chi connectivity index (χ4v) is 3.55. The van der Waals surface area contributed by atoms with Gasteiger partial charge in [-0.25, -0.2) is 9.07 Å². The van der Waals surface area contributed by atoms with Crippen molar-refractivity contribution in [2.24, 2.45) is 0 Å². The van der Waals surface area contributed by atoms with Crippen molar-refractivity contribution in [2.75, 3.05) is 13.1 Å². The zero-order valence-corrected chi connectivity index (χ0v) is 16.9. The molecule has 32 heavy (non-hydrogen) atoms. The van der Waals surface area contributed by atoms with Crippen LogP contribution in [0.1, 0.15) is 34.5 Å². The van der Waals surface area contributed by atoms with E-state index in [0.29, 0.717) is 31.5 Å². The van der Waals surface area contributed by atoms with Gasteiger partial charge in [0, 0.05) is 31.5 Å². The minimum Gasteiger partial charge on any atom is -0.490 e. The molecule has 168 valence electrons. The Balaban J connectivity index is 1.32. The maximum Gasteiger partial charge on any atom is 0.416 e. The minimum atomic E-state index is -4.43. The molecule has 4 rings (SSSR count). The van der Waals surface area contributed by atoms with Gasteiger partial charge in [0.1, 0.15) is 17.7 Å². The maximum atomic E-state index is 13.8. The molecule has 1 saturated heterocycles. The molecule has 0 aliphatic carbocycles. The average Bonchev–Trinajstić information content (AvgIpc) is 3.24. The maximum absolute atomic E-state index is 13.8. The normalized spacial score (nSPS) is 15.1. The Morgan fingerprint density at radius 3 is 2.56 bits per heavy atom. The van der Waals surface area contributed by atoms with E-state index >= 15 is 0 Å². The van der Waals surface area contributed by atoms with Gasteiger partial charge < -0.3 is 9.64 Å². The molecule has 0 bridgehead atoms. The first kappa shape index (κ1) is 21.8. The van der Waals surface area contributed by atoms with E-state index in [2.05, 4.69) is 10.3 Å². The van der Waals surface area contributed by atoms with E-state index in [0.717, 1.165) is 12.1 Å². The summed E-state index contributed by atoms with van der Waals surface area (Å²) in [6.07, 6.45) is -2.30. The van der Waals surface area contributed by atoms with E-state index < -0.39 is 11.7 Å². The highest BCUT2D eigenvalue weighted by molar-refractivity contribution is 5.92. The number of hydrogen-bond donors (Lipinski definition) is 0. The summed E-state index contributed by atoms with van der Waals surface area (Å²) in [6.45, 7) is 0.908. The van der Waals surface area contributed by atoms with Crippen molar-refractivity contribution in [2.45, 2.75) is 31.7 Å². The van der Waals surface area contributed by atoms with Crippen LogP contribution in [0.4, 0.5) is 17.6 Å². The molecule has 1 fully saturated rings. The second kappa shape index (κ2) is 8.97. The molecule has 1 aromatic heterocycles. The lowest BCUT2D eigenvalue weighted by Gasteiger charge is -2.31. The van der Waals surface area contributed by atoms with Gasteiger partial charge in [0.15, 0.2) is 5.69 Å². The van der Waals surface area contributed by atoms with Crippen LogP contribution in [-0.2, 0) is 12.7 Å². The number of aromatic nitrogens is 3. The third kappa shape index (κ3) is 5.06. The summed E-state index contributed by atoms with van der Waals surface area (Å²) < 4.78 is 59.5. The van der Waals surface area contributed by atoms with Gasteiger partial charge in [0.05, 0.1) is 18.3 Å². The van der Waals surface area contributed by atoms with Crippen molar-refractivity contribution < 1.29 is 27.1 Å². The van der Waals surface area contributed by atoms with E-state index in [1.165, 1.54) is 29.1 Å². The fourth-order valence-electron chi connectivity index (χ4n) is 3.55. The zero-order valence-electron chi connectivity index (χ0n) is 16.9. The molecule has 1 amide bonds. The molecule has 2 heterocycles. The standard InChI is InChI=1S/C22H20F4N4O2/c23-19-7-2-1-4-15(19)13-30-14-20(27-28-30)21(31)29-10-8-17(9-11-29)32-18-6-3-5-16(12-18)22(24,25)26/h1-7,12,14,17H,8-11,13H2. The highest BCUT2D eigenvalue weighted by Gasteiger charge is 2.31. The molecule has 0 saturated carbocycles. The quantitative estimate of drug-likeness (QED) is 0.550. The number of nitrogens with zero attached hydrogens (tertiary/aromatic N) is 4. The van der Waals surface area contributed by atoms with Gasteiger partial charge in [-0.1, -0.05) is 29.5 Å². The van der Waals surface area contributed by atoms with Gasteiger partial charge in [-0.05, 0) is 24.3 Å². The summed E-state index contributed by atoms with van der Waals surface area (Å²) in [6, 6.07) is 11.1. The molecule has 0 N–H and O–H groups in total. The van der Waals surface area contributed by atoms with Gasteiger partial charge in [-0.2, -0.15) is 13.2 Å². The number of carbonyl (C=O) groups excluding carboxylic acids is 1. The second-order valence-corrected chi connectivity index (χ2v) is 7.53. The predicted molar refractivity (Wildman–Crippen MR) is 107 cm³/mol. The number of ether oxygens (including phenoxy) is 1. The van der Waals surface area contributed by atoms with Gasteiger partial charge in [-0.3, -0.25) is 4.79 Å². The first-order valence-corrected chi connectivity index (χ1v) is 10.1. The Bertz CT molecular complexity index is 1090. The number of rotatable bonds is 5. The number of carbonyl (C=O) groups is 1. The van der Waals surface area contributed by atoms with Gasteiger partial charge >= 0.3 is 6.18 Å². The van der Waals surface area contributed by atoms with E-state index in [1.807, 2.05) is 0 Å². The Kier molecular flexibility index (Phi) is 6.11. The van der Waals surface area contributed by atoms with Crippen LogP contribution in [0.25, 0.3) is 0 Å². The highest BCUT2D eigenvalue weighted by Crippen LogP contribution is 2.32. The number of hydrogen-bond acceptors (Lipinski definition) is 4. The van der Waals surface area contributed by atoms with Gasteiger partial charge in [0.2, 0.25) is 0 Å². The topological polar surface area (TPSA) is 60.2 Å². The van der Waals surface area contributed by atoms with Crippen molar-refractivity contribution in [1.82, 2.24) is 19.9 Å². The molecule has 10 heteroatoms. The summed E-state index contributed by atoms with van der Waals surface area (Å²) in [5.74, 6) is -0.512. The molecule has 0 radical (unpaired) electrons. The molecular weight excluding hydrogens is 428 g/mol. The summed E-state index contributed by atoms with van der Waals surface area (Å²) in [7, 11) is 0. The number of amides is 1. The Labute approximate surface area is 181 Å². The van der Waals surface area contributed by atoms with E-state index in [9.17, 15) is 22.4 Å². The Morgan fingerprint density at radius 1 is 1.09 bits per heavy atom. The van der Waals surface area contributed by atoms with Crippen LogP contribution < -0.4 is 4.74 Å². The van der Waals surface area contributed by atoms with Gasteiger partial charge in [-0.15, -0.1) is 5.10 Å². The van der Waals surface area contributed by atoms with Crippen LogP contribution in [-0.4, -0.2) is 45.0 Å². The lowest BCUT2D eigenvalue weighted by Crippen LogP contribution is -2.42. The zero-order chi connectivity index (χ0) is 22.7. The first-order chi connectivity index (χ1) is 15.3. The molecule has 0 atom stereocenters. The van der Waals surface area contributed by atoms with Gasteiger partial charge in [0.25, 0.3) is 5.91 Å². The number of alkyl halides is 3. The van der Waals surface area contributed by atoms with Crippen LogP contribution in [0.15, 0.2) is 54.7 Å². The number of halogens is 4. The number of piperidine rings is 1. The average molecular weight is 448 g/mol. The van der Waals surface area contributed by atoms with Crippen LogP contribution in [0.5, 0.6) is 5.75 Å². The first-order valence-electron chi connectivity index (χ1n) is 10.1. The molecule has 3 aromatic rings. The lowest BCUT2D eigenvalue weighted by atomic mass is 10.1. The Morgan fingerprint density at radius 2 is 1.84 bits per heavy atom. The van der Waals surface area contributed by atoms with Crippen LogP contribution in [0.3, 0.4) is 0 Å². The second-order valence-electron chi connectivity index (χ2n) is 7.53. The summed E-state index contributed by atoms with van der Waals surface area (Å²) in [4.78, 5) is 14.3. The van der Waals surface area contributed by atoms with Crippen LogP contribution >= 0.6 is 0 Å². The summed E-state index contributed by atoms with van der Waals surface area (Å²) in [5, 5.41) is 7.80. The predicted octanol–water partition coefficient (Wildman–Crippen LogP) is 4.17. The number of benzene rings is 2. The van der Waals surface area contributed by atoms with E-state index in [4.69, 9.17) is 4.74 Å². The van der Waals surface area contributed by atoms with E-state index in [-0.39, 0.29) is 35.8 Å². The van der Waals surface area contributed by atoms with Crippen molar-refractivity contribution in [3.05, 3.63) is 77.4 Å². The highest BCUT2D eigenvalue weighted by atomic mass is 19.4. The van der Waals surface area contributed by atoms with Crippen LogP contribution in [0.2, 0.25) is 0 Å². The van der Waals surface area contributed by atoms with E-state index in [1.54, 1.807) is 23.1 Å². The van der Waals surface area contributed by atoms with Crippen LogP contribution in [0, 0.1) is 5.82 Å². The molecule has 2 aromatic carbocycles. The Hall–Kier alpha value is -3.43. The third-order valence-electron chi connectivity index (χ3n) is 5.24. The SMILES string of the molecule is O=C(c1cn(Cc2ccccc2F)nn1)N1CCC(Oc2cccc(C(F)(F)F)c2)CC1. The largest absolute Gasteiger partial charge is 0.490 e. The fraction of sp³-hybridized carbons (Fsp3) is 0.318. The smallest absolute Gasteiger partial charge is 0.416 e. The molecule has 0 unspecified atom stereocenters. The van der Waals surface area contributed by atoms with Crippen molar-refractivity contribution in [3.8, 4) is 5.75 Å². The molecule has 1 aliphatic rings. The molecule has 0 spiro atoms. The summed E-state index contributed by atoms with van der Waals surface area (Å²) in [5.41, 5.74) is -0.177. The number of likely N-dealkylation sites (tertiary alicyclic amines) is 1. The lowest BCUT2D eigenvalue weighted by molar-refractivity contribution is -0.137. The molecule has 6 nitrogen and oxygen atoms in total. The van der Waals surface area contributed by atoms with Crippen molar-refractivity contribution in [1.29, 1.82) is 0 Å². The molecule has 1 aliphatic heterocycles. The third-order valence-corrected chi connectivity index (χ3v) is 5.24. The van der Waals surface area contributed by atoms with Crippen molar-refractivity contribution in [3.63, 3.8) is 0 Å².